The monoisotopic (exact) mass is 320 g/mol. The van der Waals surface area contributed by atoms with Crippen LogP contribution in [-0.2, 0) is 4.79 Å². The number of nitrogens with zero attached hydrogens (tertiary/aromatic N) is 1. The Morgan fingerprint density at radius 2 is 2.05 bits per heavy atom. The highest BCUT2D eigenvalue weighted by atomic mass is 32.2. The van der Waals surface area contributed by atoms with E-state index in [-0.39, 0.29) is 11.3 Å². The number of carbonyl (C=O) groups excluding carboxylic acids is 1. The van der Waals surface area contributed by atoms with Gasteiger partial charge in [-0.3, -0.25) is 4.79 Å². The molecule has 1 spiro atoms. The Labute approximate surface area is 133 Å². The fourth-order valence-electron chi connectivity index (χ4n) is 3.81. The molecular formula is C16H20N2O3S. The van der Waals surface area contributed by atoms with Crippen LogP contribution in [-0.4, -0.2) is 41.2 Å². The zero-order valence-corrected chi connectivity index (χ0v) is 13.1. The van der Waals surface area contributed by atoms with Gasteiger partial charge >= 0.3 is 0 Å². The zero-order chi connectivity index (χ0) is 15.3. The number of nitrogens with one attached hydrogen (secondary N) is 1. The van der Waals surface area contributed by atoms with Crippen molar-refractivity contribution in [1.82, 2.24) is 5.32 Å². The highest BCUT2D eigenvalue weighted by Gasteiger charge is 2.44. The van der Waals surface area contributed by atoms with Gasteiger partial charge in [0.25, 0.3) is 0 Å². The molecule has 1 amide bonds. The highest BCUT2D eigenvalue weighted by Crippen LogP contribution is 2.46. The molecule has 0 bridgehead atoms. The topological polar surface area (TPSA) is 72.8 Å². The van der Waals surface area contributed by atoms with E-state index in [2.05, 4.69) is 5.32 Å². The minimum atomic E-state index is -0.870. The third-order valence-electron chi connectivity index (χ3n) is 5.13. The van der Waals surface area contributed by atoms with E-state index in [4.69, 9.17) is 0 Å². The second kappa shape index (κ2) is 5.23. The molecule has 6 heteroatoms. The van der Waals surface area contributed by atoms with E-state index >= 15 is 0 Å². The molecule has 3 heterocycles. The summed E-state index contributed by atoms with van der Waals surface area (Å²) in [5.74, 6) is 0.169. The second-order valence-corrected chi connectivity index (χ2v) is 7.74. The third-order valence-corrected chi connectivity index (χ3v) is 6.25. The molecule has 3 aliphatic heterocycles. The lowest BCUT2D eigenvalue weighted by atomic mass is 9.78. The quantitative estimate of drug-likeness (QED) is 0.726. The zero-order valence-electron chi connectivity index (χ0n) is 12.3. The number of aliphatic hydroxyl groups is 2. The minimum absolute atomic E-state index is 0.105. The first-order valence-electron chi connectivity index (χ1n) is 7.76. The van der Waals surface area contributed by atoms with Crippen LogP contribution in [0.3, 0.4) is 0 Å². The van der Waals surface area contributed by atoms with Crippen LogP contribution in [0.5, 0.6) is 0 Å². The average Bonchev–Trinajstić information content (AvgIpc) is 2.98. The van der Waals surface area contributed by atoms with Gasteiger partial charge in [-0.2, -0.15) is 0 Å². The molecule has 1 aromatic carbocycles. The van der Waals surface area contributed by atoms with Gasteiger partial charge < -0.3 is 20.4 Å². The first kappa shape index (κ1) is 14.5. The number of fused-ring (bicyclic) bond motifs is 1. The first-order chi connectivity index (χ1) is 10.6. The number of anilines is 1. The van der Waals surface area contributed by atoms with Crippen molar-refractivity contribution in [3.05, 3.63) is 23.8 Å². The van der Waals surface area contributed by atoms with Gasteiger partial charge in [0, 0.05) is 23.5 Å². The second-order valence-electron chi connectivity index (χ2n) is 6.58. The van der Waals surface area contributed by atoms with Gasteiger partial charge in [-0.05, 0) is 55.1 Å². The Morgan fingerprint density at radius 3 is 2.82 bits per heavy atom. The Morgan fingerprint density at radius 1 is 1.27 bits per heavy atom. The molecule has 118 valence electrons. The van der Waals surface area contributed by atoms with Crippen LogP contribution < -0.4 is 10.2 Å². The molecule has 3 N–H and O–H groups in total. The molecule has 3 aliphatic rings. The number of carbonyl (C=O) groups is 1. The number of thioether (sulfide) groups is 1. The number of piperidine rings is 1. The summed E-state index contributed by atoms with van der Waals surface area (Å²) in [5.41, 5.74) is 0.867. The van der Waals surface area contributed by atoms with Crippen LogP contribution in [0.15, 0.2) is 23.1 Å². The number of benzene rings is 1. The Kier molecular flexibility index (Phi) is 3.45. The predicted octanol–water partition coefficient (Wildman–Crippen LogP) is 1.25. The van der Waals surface area contributed by atoms with Gasteiger partial charge in [0.2, 0.25) is 5.91 Å². The van der Waals surface area contributed by atoms with E-state index in [0.29, 0.717) is 6.42 Å². The standard InChI is InChI=1S/C16H20N2O3S/c19-13-8-16(3-5-17-6-4-16)9-18(13)10-1-2-12-11(7-10)14(20)15(21)22-12/h1-2,7,14-15,17,20-21H,3-6,8-9H2. The van der Waals surface area contributed by atoms with Crippen molar-refractivity contribution in [1.29, 1.82) is 0 Å². The number of rotatable bonds is 1. The van der Waals surface area contributed by atoms with E-state index < -0.39 is 11.5 Å². The van der Waals surface area contributed by atoms with E-state index in [1.165, 1.54) is 11.8 Å². The van der Waals surface area contributed by atoms with Crippen molar-refractivity contribution in [3.8, 4) is 0 Å². The summed E-state index contributed by atoms with van der Waals surface area (Å²) in [7, 11) is 0. The fraction of sp³-hybridized carbons (Fsp3) is 0.562. The minimum Gasteiger partial charge on any atom is -0.385 e. The number of aliphatic hydroxyl groups excluding tert-OH is 2. The SMILES string of the molecule is O=C1CC2(CCNCC2)CN1c1ccc2c(c1)C(O)C(O)S2. The van der Waals surface area contributed by atoms with Gasteiger partial charge in [0.05, 0.1) is 0 Å². The Balaban J connectivity index is 1.62. The largest absolute Gasteiger partial charge is 0.385 e. The van der Waals surface area contributed by atoms with E-state index in [0.717, 1.165) is 48.6 Å². The maximum absolute atomic E-state index is 12.5. The average molecular weight is 320 g/mol. The highest BCUT2D eigenvalue weighted by molar-refractivity contribution is 8.00. The van der Waals surface area contributed by atoms with Crippen LogP contribution >= 0.6 is 11.8 Å². The van der Waals surface area contributed by atoms with Gasteiger partial charge in [0.1, 0.15) is 11.5 Å². The maximum atomic E-state index is 12.5. The molecule has 1 aromatic rings. The summed E-state index contributed by atoms with van der Waals surface area (Å²) < 4.78 is 0. The lowest BCUT2D eigenvalue weighted by Crippen LogP contribution is -2.38. The van der Waals surface area contributed by atoms with E-state index in [1.807, 2.05) is 23.1 Å². The molecule has 0 aromatic heterocycles. The maximum Gasteiger partial charge on any atom is 0.227 e. The van der Waals surface area contributed by atoms with Gasteiger partial charge in [0.15, 0.2) is 0 Å². The third kappa shape index (κ3) is 2.25. The number of amides is 1. The molecule has 0 saturated carbocycles. The van der Waals surface area contributed by atoms with E-state index in [1.54, 1.807) is 0 Å². The smallest absolute Gasteiger partial charge is 0.227 e. The van der Waals surface area contributed by atoms with Crippen molar-refractivity contribution in [3.63, 3.8) is 0 Å². The molecule has 2 saturated heterocycles. The van der Waals surface area contributed by atoms with Crippen LogP contribution in [0, 0.1) is 5.41 Å². The Bertz CT molecular complexity index is 615. The molecule has 5 nitrogen and oxygen atoms in total. The number of hydrogen-bond acceptors (Lipinski definition) is 5. The van der Waals surface area contributed by atoms with Crippen molar-refractivity contribution in [2.45, 2.75) is 35.7 Å². The number of hydrogen-bond donors (Lipinski definition) is 3. The van der Waals surface area contributed by atoms with Crippen LogP contribution in [0.1, 0.15) is 30.9 Å². The molecule has 2 unspecified atom stereocenters. The van der Waals surface area contributed by atoms with Gasteiger partial charge in [-0.15, -0.1) is 0 Å². The summed E-state index contributed by atoms with van der Waals surface area (Å²) in [6.07, 6.45) is 1.82. The lowest BCUT2D eigenvalue weighted by Gasteiger charge is -2.33. The van der Waals surface area contributed by atoms with Crippen LogP contribution in [0.4, 0.5) is 5.69 Å². The Hall–Kier alpha value is -1.08. The normalized spacial score (nSPS) is 30.1. The lowest BCUT2D eigenvalue weighted by molar-refractivity contribution is -0.117. The van der Waals surface area contributed by atoms with Crippen LogP contribution in [0.2, 0.25) is 0 Å². The molecule has 2 fully saturated rings. The van der Waals surface area contributed by atoms with Gasteiger partial charge in [-0.25, -0.2) is 0 Å². The predicted molar refractivity (Wildman–Crippen MR) is 84.8 cm³/mol. The fourth-order valence-corrected chi connectivity index (χ4v) is 4.81. The van der Waals surface area contributed by atoms with Crippen molar-refractivity contribution in [2.75, 3.05) is 24.5 Å². The molecular weight excluding hydrogens is 300 g/mol. The molecule has 0 aliphatic carbocycles. The van der Waals surface area contributed by atoms with Crippen LogP contribution in [0.25, 0.3) is 0 Å². The molecule has 4 rings (SSSR count). The first-order valence-corrected chi connectivity index (χ1v) is 8.64. The molecule has 0 radical (unpaired) electrons. The van der Waals surface area contributed by atoms with Crippen molar-refractivity contribution >= 4 is 23.4 Å². The summed E-state index contributed by atoms with van der Waals surface area (Å²) in [4.78, 5) is 15.2. The summed E-state index contributed by atoms with van der Waals surface area (Å²) in [6.45, 7) is 2.72. The summed E-state index contributed by atoms with van der Waals surface area (Å²) >= 11 is 1.27. The summed E-state index contributed by atoms with van der Waals surface area (Å²) in [6, 6.07) is 5.69. The molecule has 2 atom stereocenters. The van der Waals surface area contributed by atoms with Gasteiger partial charge in [-0.1, -0.05) is 11.8 Å². The van der Waals surface area contributed by atoms with E-state index in [9.17, 15) is 15.0 Å². The van der Waals surface area contributed by atoms with Crippen molar-refractivity contribution in [2.24, 2.45) is 5.41 Å². The molecule has 22 heavy (non-hydrogen) atoms. The van der Waals surface area contributed by atoms with Crippen molar-refractivity contribution < 1.29 is 15.0 Å². The summed E-state index contributed by atoms with van der Waals surface area (Å²) in [5, 5.41) is 23.2.